The van der Waals surface area contributed by atoms with Crippen LogP contribution in [0, 0.1) is 0 Å². The number of hydrazine groups is 1. The summed E-state index contributed by atoms with van der Waals surface area (Å²) in [5.41, 5.74) is 5.01. The Bertz CT molecular complexity index is 1210. The molecule has 0 heterocycles. The van der Waals surface area contributed by atoms with Crippen molar-refractivity contribution in [3.8, 4) is 0 Å². The van der Waals surface area contributed by atoms with Crippen molar-refractivity contribution in [2.45, 2.75) is 25.7 Å². The van der Waals surface area contributed by atoms with Gasteiger partial charge in [0.15, 0.2) is 0 Å². The first-order valence-corrected chi connectivity index (χ1v) is 11.6. The molecule has 1 aliphatic rings. The summed E-state index contributed by atoms with van der Waals surface area (Å²) < 4.78 is 0. The zero-order valence-electron chi connectivity index (χ0n) is 19.6. The fourth-order valence-corrected chi connectivity index (χ4v) is 4.37. The summed E-state index contributed by atoms with van der Waals surface area (Å²) in [5, 5.41) is 6.85. The number of benzene rings is 3. The standard InChI is InChI=1S/C31H32N2/c1-4-32(3)33(30-23-21-27(22-24-30)26-14-6-5-7-15-26)25(2)13-8-9-16-28-18-12-19-29-17-10-11-20-31(28)29/h4-15,17-21,23-24,27H,1,16,22H2,2-3H3/b9-8-,25-13+. The molecule has 1 aliphatic carbocycles. The van der Waals surface area contributed by atoms with Gasteiger partial charge in [-0.3, -0.25) is 10.0 Å². The summed E-state index contributed by atoms with van der Waals surface area (Å²) in [7, 11) is 2.03. The van der Waals surface area contributed by atoms with E-state index in [9.17, 15) is 0 Å². The number of rotatable bonds is 8. The molecular formula is C31H32N2. The first-order valence-electron chi connectivity index (χ1n) is 11.6. The molecule has 1 atom stereocenters. The van der Waals surface area contributed by atoms with E-state index in [1.54, 1.807) is 0 Å². The maximum Gasteiger partial charge on any atom is 0.0586 e. The molecule has 4 rings (SSSR count). The molecule has 0 bridgehead atoms. The third-order valence-electron chi connectivity index (χ3n) is 6.16. The third kappa shape index (κ3) is 5.35. The molecule has 2 nitrogen and oxygen atoms in total. The Morgan fingerprint density at radius 3 is 2.52 bits per heavy atom. The summed E-state index contributed by atoms with van der Waals surface area (Å²) in [6.07, 6.45) is 17.1. The van der Waals surface area contributed by atoms with Crippen molar-refractivity contribution in [1.29, 1.82) is 0 Å². The molecule has 0 N–H and O–H groups in total. The molecule has 0 aromatic heterocycles. The summed E-state index contributed by atoms with van der Waals surface area (Å²) in [6, 6.07) is 25.8. The highest BCUT2D eigenvalue weighted by atomic mass is 15.6. The summed E-state index contributed by atoms with van der Waals surface area (Å²) >= 11 is 0. The minimum atomic E-state index is 0.427. The van der Waals surface area contributed by atoms with Crippen LogP contribution in [-0.4, -0.2) is 17.1 Å². The van der Waals surface area contributed by atoms with Gasteiger partial charge in [0.25, 0.3) is 0 Å². The maximum absolute atomic E-state index is 3.97. The van der Waals surface area contributed by atoms with Gasteiger partial charge in [0.05, 0.1) is 5.70 Å². The van der Waals surface area contributed by atoms with Crippen molar-refractivity contribution in [2.75, 3.05) is 7.05 Å². The Labute approximate surface area is 198 Å². The number of allylic oxidation sites excluding steroid dienone is 7. The van der Waals surface area contributed by atoms with Gasteiger partial charge in [-0.2, -0.15) is 0 Å². The Morgan fingerprint density at radius 1 is 1.00 bits per heavy atom. The first kappa shape index (κ1) is 22.4. The lowest BCUT2D eigenvalue weighted by Crippen LogP contribution is -2.33. The minimum Gasteiger partial charge on any atom is -0.292 e. The highest BCUT2D eigenvalue weighted by Crippen LogP contribution is 2.29. The van der Waals surface area contributed by atoms with Crippen LogP contribution in [0.15, 0.2) is 133 Å². The Hall–Kier alpha value is -3.78. The van der Waals surface area contributed by atoms with Gasteiger partial charge >= 0.3 is 0 Å². The smallest absolute Gasteiger partial charge is 0.0586 e. The topological polar surface area (TPSA) is 6.48 Å². The van der Waals surface area contributed by atoms with Gasteiger partial charge in [0.1, 0.15) is 0 Å². The largest absolute Gasteiger partial charge is 0.292 e. The quantitative estimate of drug-likeness (QED) is 0.265. The average molecular weight is 433 g/mol. The second-order valence-electron chi connectivity index (χ2n) is 8.39. The highest BCUT2D eigenvalue weighted by Gasteiger charge is 2.17. The molecular weight excluding hydrogens is 400 g/mol. The van der Waals surface area contributed by atoms with Gasteiger partial charge in [-0.05, 0) is 53.8 Å². The zero-order chi connectivity index (χ0) is 23.0. The molecule has 2 heteroatoms. The van der Waals surface area contributed by atoms with E-state index in [-0.39, 0.29) is 0 Å². The van der Waals surface area contributed by atoms with E-state index in [2.05, 4.69) is 128 Å². The predicted molar refractivity (Wildman–Crippen MR) is 141 cm³/mol. The minimum absolute atomic E-state index is 0.427. The van der Waals surface area contributed by atoms with E-state index in [1.807, 2.05) is 18.3 Å². The number of hydrogen-bond donors (Lipinski definition) is 0. The second kappa shape index (κ2) is 10.7. The van der Waals surface area contributed by atoms with Crippen molar-refractivity contribution in [1.82, 2.24) is 10.0 Å². The molecule has 0 spiro atoms. The molecule has 33 heavy (non-hydrogen) atoms. The van der Waals surface area contributed by atoms with Gasteiger partial charge in [0, 0.05) is 24.9 Å². The van der Waals surface area contributed by atoms with Crippen molar-refractivity contribution in [2.24, 2.45) is 0 Å². The molecule has 0 saturated carbocycles. The lowest BCUT2D eigenvalue weighted by Gasteiger charge is -2.35. The van der Waals surface area contributed by atoms with Gasteiger partial charge in [-0.15, -0.1) is 0 Å². The van der Waals surface area contributed by atoms with E-state index in [0.29, 0.717) is 5.92 Å². The van der Waals surface area contributed by atoms with Crippen LogP contribution in [0.3, 0.4) is 0 Å². The third-order valence-corrected chi connectivity index (χ3v) is 6.16. The van der Waals surface area contributed by atoms with Crippen molar-refractivity contribution in [3.05, 3.63) is 145 Å². The summed E-state index contributed by atoms with van der Waals surface area (Å²) in [6.45, 7) is 6.11. The number of hydrogen-bond acceptors (Lipinski definition) is 2. The van der Waals surface area contributed by atoms with Crippen LogP contribution in [0.25, 0.3) is 10.8 Å². The van der Waals surface area contributed by atoms with Gasteiger partial charge < -0.3 is 0 Å². The van der Waals surface area contributed by atoms with Crippen molar-refractivity contribution < 1.29 is 0 Å². The molecule has 166 valence electrons. The van der Waals surface area contributed by atoms with Crippen LogP contribution in [-0.2, 0) is 6.42 Å². The predicted octanol–water partition coefficient (Wildman–Crippen LogP) is 7.76. The molecule has 1 unspecified atom stereocenters. The highest BCUT2D eigenvalue weighted by molar-refractivity contribution is 5.85. The van der Waals surface area contributed by atoms with Gasteiger partial charge in [-0.1, -0.05) is 104 Å². The van der Waals surface area contributed by atoms with Gasteiger partial charge in [-0.25, -0.2) is 0 Å². The van der Waals surface area contributed by atoms with Crippen LogP contribution >= 0.6 is 0 Å². The zero-order valence-corrected chi connectivity index (χ0v) is 19.6. The fraction of sp³-hybridized carbons (Fsp3) is 0.161. The Balaban J connectivity index is 1.47. The Kier molecular flexibility index (Phi) is 7.26. The van der Waals surface area contributed by atoms with Crippen molar-refractivity contribution >= 4 is 10.8 Å². The second-order valence-corrected chi connectivity index (χ2v) is 8.39. The van der Waals surface area contributed by atoms with E-state index in [1.165, 1.54) is 27.6 Å². The average Bonchev–Trinajstić information content (AvgIpc) is 2.87. The fourth-order valence-electron chi connectivity index (χ4n) is 4.37. The normalized spacial score (nSPS) is 16.1. The molecule has 3 aromatic carbocycles. The summed E-state index contributed by atoms with van der Waals surface area (Å²) in [4.78, 5) is 0. The maximum atomic E-state index is 3.97. The number of nitrogens with zero attached hydrogens (tertiary/aromatic N) is 2. The van der Waals surface area contributed by atoms with Crippen LogP contribution in [0.4, 0.5) is 0 Å². The molecule has 0 radical (unpaired) electrons. The van der Waals surface area contributed by atoms with Crippen LogP contribution in [0.1, 0.15) is 30.4 Å². The molecule has 0 aliphatic heterocycles. The molecule has 0 saturated heterocycles. The van der Waals surface area contributed by atoms with Crippen molar-refractivity contribution in [3.63, 3.8) is 0 Å². The van der Waals surface area contributed by atoms with E-state index >= 15 is 0 Å². The van der Waals surface area contributed by atoms with Crippen LogP contribution in [0.2, 0.25) is 0 Å². The SMILES string of the molecule is C=CN(C)N(C1=CCC(c2ccccc2)C=C1)/C(C)=C/C=C\Cc1cccc2ccccc12. The molecule has 0 amide bonds. The lowest BCUT2D eigenvalue weighted by atomic mass is 9.91. The van der Waals surface area contributed by atoms with Crippen LogP contribution < -0.4 is 0 Å². The van der Waals surface area contributed by atoms with Crippen LogP contribution in [0.5, 0.6) is 0 Å². The van der Waals surface area contributed by atoms with E-state index < -0.39 is 0 Å². The monoisotopic (exact) mass is 432 g/mol. The lowest BCUT2D eigenvalue weighted by molar-refractivity contribution is 0.140. The first-order chi connectivity index (χ1) is 16.2. The number of fused-ring (bicyclic) bond motifs is 1. The summed E-state index contributed by atoms with van der Waals surface area (Å²) in [5.74, 6) is 0.427. The van der Waals surface area contributed by atoms with E-state index in [0.717, 1.165) is 18.5 Å². The van der Waals surface area contributed by atoms with E-state index in [4.69, 9.17) is 0 Å². The van der Waals surface area contributed by atoms with Gasteiger partial charge in [0.2, 0.25) is 0 Å². The molecule has 0 fully saturated rings. The molecule has 3 aromatic rings. The Morgan fingerprint density at radius 2 is 1.76 bits per heavy atom.